The Balaban J connectivity index is 1.07. The summed E-state index contributed by atoms with van der Waals surface area (Å²) in [5.74, 6) is -0.866. The molecule has 0 radical (unpaired) electrons. The number of thiophene rings is 1. The number of piperidine rings is 1. The predicted octanol–water partition coefficient (Wildman–Crippen LogP) is 4.47. The molecule has 1 spiro atoms. The van der Waals surface area contributed by atoms with Crippen molar-refractivity contribution in [3.8, 4) is 0 Å². The Labute approximate surface area is 249 Å². The normalized spacial score (nSPS) is 19.8. The van der Waals surface area contributed by atoms with E-state index in [9.17, 15) is 24.1 Å². The van der Waals surface area contributed by atoms with Crippen LogP contribution < -0.4 is 10.6 Å². The molecule has 3 amide bonds. The highest BCUT2D eigenvalue weighted by molar-refractivity contribution is 7.12. The minimum absolute atomic E-state index is 0.0524. The number of aromatic nitrogens is 3. The van der Waals surface area contributed by atoms with E-state index in [1.54, 1.807) is 59.7 Å². The summed E-state index contributed by atoms with van der Waals surface area (Å²) in [5, 5.41) is 10.4. The number of nitrogens with zero attached hydrogens (tertiary/aromatic N) is 5. The van der Waals surface area contributed by atoms with Gasteiger partial charge in [-0.25, -0.2) is 0 Å². The molecule has 1 aliphatic heterocycles. The molecule has 1 saturated carbocycles. The van der Waals surface area contributed by atoms with Crippen LogP contribution >= 0.6 is 11.3 Å². The van der Waals surface area contributed by atoms with Gasteiger partial charge in [0.1, 0.15) is 22.8 Å². The van der Waals surface area contributed by atoms with Gasteiger partial charge in [0.25, 0.3) is 17.7 Å². The summed E-state index contributed by atoms with van der Waals surface area (Å²) in [6.45, 7) is 2.58. The van der Waals surface area contributed by atoms with Crippen LogP contribution in [0.5, 0.6) is 0 Å². The number of aryl methyl sites for hydroxylation is 4. The van der Waals surface area contributed by atoms with E-state index in [1.807, 2.05) is 12.3 Å². The van der Waals surface area contributed by atoms with Crippen molar-refractivity contribution in [2.75, 3.05) is 17.2 Å². The van der Waals surface area contributed by atoms with Gasteiger partial charge in [-0.3, -0.25) is 19.2 Å². The van der Waals surface area contributed by atoms with Crippen LogP contribution in [0.1, 0.15) is 58.7 Å². The van der Waals surface area contributed by atoms with Crippen LogP contribution in [0.2, 0.25) is 0 Å². The van der Waals surface area contributed by atoms with E-state index < -0.39 is 11.8 Å². The number of allylic oxidation sites excluding steroid dienone is 2. The Morgan fingerprint density at radius 1 is 0.930 bits per heavy atom. The van der Waals surface area contributed by atoms with Crippen molar-refractivity contribution in [1.29, 1.82) is 0 Å². The highest BCUT2D eigenvalue weighted by Crippen LogP contribution is 2.68. The first-order chi connectivity index (χ1) is 20.5. The number of amides is 3. The molecule has 0 bridgehead atoms. The second-order valence-corrected chi connectivity index (χ2v) is 12.3. The lowest BCUT2D eigenvalue weighted by molar-refractivity contribution is 0.0801. The molecule has 4 aromatic heterocycles. The van der Waals surface area contributed by atoms with Crippen LogP contribution in [0.3, 0.4) is 0 Å². The lowest BCUT2D eigenvalue weighted by atomic mass is 9.84. The molecule has 2 aliphatic carbocycles. The second-order valence-electron chi connectivity index (χ2n) is 11.4. The molecule has 13 heteroatoms. The van der Waals surface area contributed by atoms with Gasteiger partial charge in [0.2, 0.25) is 0 Å². The quantitative estimate of drug-likeness (QED) is 0.316. The van der Waals surface area contributed by atoms with Gasteiger partial charge in [-0.15, -0.1) is 16.2 Å². The molecule has 2 unspecified atom stereocenters. The Morgan fingerprint density at radius 2 is 1.53 bits per heavy atom. The molecule has 12 nitrogen and oxygen atoms in total. The van der Waals surface area contributed by atoms with Gasteiger partial charge >= 0.3 is 0 Å². The first-order valence-electron chi connectivity index (χ1n) is 13.6. The zero-order valence-corrected chi connectivity index (χ0v) is 24.6. The summed E-state index contributed by atoms with van der Waals surface area (Å²) in [6, 6.07) is 4.54. The highest BCUT2D eigenvalue weighted by Gasteiger charge is 2.68. The molecule has 7 rings (SSSR count). The maximum Gasteiger partial charge on any atom is 0.274 e. The molecule has 3 aliphatic rings. The molecule has 5 heterocycles. The van der Waals surface area contributed by atoms with Gasteiger partial charge in [0.05, 0.1) is 16.3 Å². The zero-order chi connectivity index (χ0) is 30.4. The minimum Gasteiger partial charge on any atom is -0.344 e. The van der Waals surface area contributed by atoms with Crippen molar-refractivity contribution in [3.63, 3.8) is 0 Å². The van der Waals surface area contributed by atoms with Crippen molar-refractivity contribution >= 4 is 51.9 Å². The number of ketones is 1. The third-order valence-corrected chi connectivity index (χ3v) is 9.83. The number of fused-ring (bicyclic) bond motifs is 1. The number of carbonyl (C=O) groups is 4. The van der Waals surface area contributed by atoms with Crippen molar-refractivity contribution in [3.05, 3.63) is 91.9 Å². The van der Waals surface area contributed by atoms with Gasteiger partial charge in [-0.2, -0.15) is 0 Å². The Hall–Kier alpha value is -5.04. The molecule has 1 saturated heterocycles. The highest BCUT2D eigenvalue weighted by atomic mass is 32.1. The van der Waals surface area contributed by atoms with Gasteiger partial charge in [-0.1, -0.05) is 0 Å². The first kappa shape index (κ1) is 26.8. The number of hydrogen-bond donors (Lipinski definition) is 2. The van der Waals surface area contributed by atoms with E-state index in [0.29, 0.717) is 29.5 Å². The topological polar surface area (TPSA) is 140 Å². The van der Waals surface area contributed by atoms with Crippen LogP contribution in [0.25, 0.3) is 0 Å². The number of hydrogen-bond acceptors (Lipinski definition) is 7. The minimum atomic E-state index is -0.456. The number of rotatable bonds is 6. The summed E-state index contributed by atoms with van der Waals surface area (Å²) >= 11 is 1.48. The third kappa shape index (κ3) is 3.95. The molecule has 2 N–H and O–H groups in total. The van der Waals surface area contributed by atoms with E-state index in [-0.39, 0.29) is 34.2 Å². The maximum absolute atomic E-state index is 13.8. The fourth-order valence-electron chi connectivity index (χ4n) is 6.68. The van der Waals surface area contributed by atoms with Crippen LogP contribution in [-0.4, -0.2) is 48.7 Å². The van der Waals surface area contributed by atoms with Crippen molar-refractivity contribution in [1.82, 2.24) is 18.6 Å². The smallest absolute Gasteiger partial charge is 0.274 e. The summed E-state index contributed by atoms with van der Waals surface area (Å²) in [5.41, 5.74) is 4.59. The molecule has 4 aromatic rings. The molecule has 43 heavy (non-hydrogen) atoms. The fourth-order valence-corrected chi connectivity index (χ4v) is 7.73. The number of likely N-dealkylation sites (tertiary alicyclic amines) is 1. The van der Waals surface area contributed by atoms with E-state index in [2.05, 4.69) is 15.8 Å². The Bertz CT molecular complexity index is 1960. The van der Waals surface area contributed by atoms with E-state index in [1.165, 1.54) is 34.2 Å². The molecule has 2 atom stereocenters. The lowest BCUT2D eigenvalue weighted by Crippen LogP contribution is -2.34. The fraction of sp³-hybridized carbons (Fsp3) is 0.267. The number of nitrogens with one attached hydrogen (secondary N) is 2. The average Bonchev–Trinajstić information content (AvgIpc) is 3.48. The molecule has 2 fully saturated rings. The summed E-state index contributed by atoms with van der Waals surface area (Å²) < 4.78 is 4.73. The van der Waals surface area contributed by atoms with E-state index in [0.717, 1.165) is 28.1 Å². The summed E-state index contributed by atoms with van der Waals surface area (Å²) in [4.78, 5) is 65.9. The number of anilines is 2. The van der Waals surface area contributed by atoms with E-state index in [4.69, 9.17) is 0 Å². The second kappa shape index (κ2) is 9.23. The van der Waals surface area contributed by atoms with Crippen molar-refractivity contribution in [2.45, 2.75) is 18.8 Å². The molecular formula is C30H27N7O5S. The maximum atomic E-state index is 13.8. The average molecular weight is 598 g/mol. The van der Waals surface area contributed by atoms with Crippen LogP contribution in [0, 0.1) is 17.7 Å². The number of nitroso groups, excluding NO2 is 1. The SMILES string of the molecule is Cc1csc2c1C13CC1CN(C(=O)c1cc(NC(=O)c4cc(NC(=O)c5cc(N=O)cn5C)cn4C)cn1C)C3=CC2=O. The Kier molecular flexibility index (Phi) is 5.76. The van der Waals surface area contributed by atoms with E-state index >= 15 is 0 Å². The largest absolute Gasteiger partial charge is 0.344 e. The van der Waals surface area contributed by atoms with Crippen LogP contribution in [-0.2, 0) is 26.6 Å². The van der Waals surface area contributed by atoms with Crippen LogP contribution in [0.4, 0.5) is 17.1 Å². The van der Waals surface area contributed by atoms with Crippen molar-refractivity contribution in [2.24, 2.45) is 32.2 Å². The zero-order valence-electron chi connectivity index (χ0n) is 23.8. The summed E-state index contributed by atoms with van der Waals surface area (Å²) in [7, 11) is 5.04. The summed E-state index contributed by atoms with van der Waals surface area (Å²) in [6.07, 6.45) is 7.29. The van der Waals surface area contributed by atoms with Gasteiger partial charge in [0, 0.05) is 63.5 Å². The standard InChI is InChI=1S/C30H27N7O5S/c1-15-14-43-26-23(38)8-24-30(25(15)26)9-16(30)10-37(24)29(41)22-6-18(12-36(22)4)32-27(39)20-5-17(11-34(20)2)31-28(40)21-7-19(33-42)13-35(21)3/h5-8,11-14,16H,9-10H2,1-4H3,(H,31,40)(H,32,39). The molecular weight excluding hydrogens is 570 g/mol. The monoisotopic (exact) mass is 597 g/mol. The predicted molar refractivity (Wildman–Crippen MR) is 160 cm³/mol. The molecule has 0 aromatic carbocycles. The van der Waals surface area contributed by atoms with Gasteiger partial charge in [-0.05, 0) is 59.1 Å². The lowest BCUT2D eigenvalue weighted by Gasteiger charge is -2.28. The van der Waals surface area contributed by atoms with Crippen LogP contribution in [0.15, 0.2) is 59.1 Å². The van der Waals surface area contributed by atoms with Crippen molar-refractivity contribution < 1.29 is 19.2 Å². The molecule has 218 valence electrons. The number of carbonyl (C=O) groups excluding carboxylic acids is 4. The third-order valence-electron chi connectivity index (χ3n) is 8.72. The van der Waals surface area contributed by atoms with Gasteiger partial charge in [0.15, 0.2) is 5.78 Å². The van der Waals surface area contributed by atoms with Gasteiger partial charge < -0.3 is 29.2 Å². The first-order valence-corrected chi connectivity index (χ1v) is 14.5. The Morgan fingerprint density at radius 3 is 2.19 bits per heavy atom.